The van der Waals surface area contributed by atoms with Gasteiger partial charge in [0.25, 0.3) is 0 Å². The normalized spacial score (nSPS) is 27.3. The van der Waals surface area contributed by atoms with Crippen LogP contribution < -0.4 is 0 Å². The number of thiazole rings is 1. The zero-order valence-electron chi connectivity index (χ0n) is 15.2. The van der Waals surface area contributed by atoms with Gasteiger partial charge in [0.05, 0.1) is 6.61 Å². The van der Waals surface area contributed by atoms with Gasteiger partial charge in [-0.25, -0.2) is 4.98 Å². The smallest absolute Gasteiger partial charge is 0.124 e. The first-order chi connectivity index (χ1) is 14.0. The average molecular weight is 454 g/mol. The van der Waals surface area contributed by atoms with Crippen LogP contribution in [0.4, 0.5) is 0 Å². The van der Waals surface area contributed by atoms with Gasteiger partial charge in [-0.1, -0.05) is 23.7 Å². The van der Waals surface area contributed by atoms with E-state index >= 15 is 0 Å². The van der Waals surface area contributed by atoms with E-state index in [-0.39, 0.29) is 0 Å². The number of halogens is 1. The predicted octanol–water partition coefficient (Wildman–Crippen LogP) is 2.63. The van der Waals surface area contributed by atoms with E-state index < -0.39 is 37.1 Å². The molecular weight excluding hydrogens is 434 g/mol. The van der Waals surface area contributed by atoms with Crippen LogP contribution in [0.3, 0.4) is 0 Å². The molecule has 1 fully saturated rings. The second kappa shape index (κ2) is 8.79. The Morgan fingerprint density at radius 2 is 1.93 bits per heavy atom. The van der Waals surface area contributed by atoms with Gasteiger partial charge in [0, 0.05) is 33.5 Å². The van der Waals surface area contributed by atoms with Gasteiger partial charge in [0.15, 0.2) is 0 Å². The molecule has 5 atom stereocenters. The minimum Gasteiger partial charge on any atom is -0.394 e. The number of aromatic nitrogens is 1. The first-order valence-corrected chi connectivity index (χ1v) is 11.2. The van der Waals surface area contributed by atoms with E-state index in [1.807, 2.05) is 23.7 Å². The predicted molar refractivity (Wildman–Crippen MR) is 112 cm³/mol. The lowest BCUT2D eigenvalue weighted by Crippen LogP contribution is -2.55. The van der Waals surface area contributed by atoms with E-state index in [1.165, 1.54) is 0 Å². The molecule has 29 heavy (non-hydrogen) atoms. The molecular formula is C20H20ClNO5S2. The summed E-state index contributed by atoms with van der Waals surface area (Å²) in [6.45, 7) is -0.464. The minimum atomic E-state index is -1.42. The molecule has 3 heterocycles. The minimum absolute atomic E-state index is 0.464. The fourth-order valence-corrected chi connectivity index (χ4v) is 5.21. The molecule has 154 valence electrons. The second-order valence-corrected chi connectivity index (χ2v) is 9.22. The molecule has 0 aliphatic carbocycles. The van der Waals surface area contributed by atoms with E-state index in [9.17, 15) is 20.4 Å². The second-order valence-electron chi connectivity index (χ2n) is 6.92. The lowest BCUT2D eigenvalue weighted by Gasteiger charge is -2.40. The summed E-state index contributed by atoms with van der Waals surface area (Å²) < 4.78 is 5.65. The molecule has 6 nitrogen and oxygen atoms in total. The van der Waals surface area contributed by atoms with Crippen molar-refractivity contribution < 1.29 is 25.2 Å². The van der Waals surface area contributed by atoms with Crippen molar-refractivity contribution in [2.24, 2.45) is 0 Å². The van der Waals surface area contributed by atoms with Gasteiger partial charge in [-0.3, -0.25) is 0 Å². The Balaban J connectivity index is 1.58. The Morgan fingerprint density at radius 3 is 2.66 bits per heavy atom. The van der Waals surface area contributed by atoms with Gasteiger partial charge < -0.3 is 25.2 Å². The molecule has 1 aliphatic rings. The van der Waals surface area contributed by atoms with Crippen LogP contribution in [0, 0.1) is 0 Å². The van der Waals surface area contributed by atoms with Crippen molar-refractivity contribution in [2.45, 2.75) is 36.9 Å². The fraction of sp³-hybridized carbons (Fsp3) is 0.350. The summed E-state index contributed by atoms with van der Waals surface area (Å²) in [5.41, 5.74) is 2.54. The topological polar surface area (TPSA) is 103 Å². The van der Waals surface area contributed by atoms with Gasteiger partial charge in [-0.2, -0.15) is 11.3 Å². The Morgan fingerprint density at radius 1 is 1.10 bits per heavy atom. The molecule has 2 aromatic heterocycles. The summed E-state index contributed by atoms with van der Waals surface area (Å²) in [5, 5.41) is 45.4. The van der Waals surface area contributed by atoms with Crippen LogP contribution >= 0.6 is 34.3 Å². The monoisotopic (exact) mass is 453 g/mol. The van der Waals surface area contributed by atoms with Crippen LogP contribution in [0.1, 0.15) is 22.1 Å². The SMILES string of the molecule is OC[C@H]1O[C@@H](c2ccc(Cl)c(Cc3cnc(-c4ccsc4)s3)c2)[C@H](O)[C@@H](O)[C@@H]1O. The molecule has 1 saturated heterocycles. The largest absolute Gasteiger partial charge is 0.394 e. The highest BCUT2D eigenvalue weighted by atomic mass is 35.5. The summed E-state index contributed by atoms with van der Waals surface area (Å²) in [5.74, 6) is 0. The van der Waals surface area contributed by atoms with Gasteiger partial charge in [0.2, 0.25) is 0 Å². The maximum atomic E-state index is 10.4. The Labute approximate surface area is 180 Å². The number of aliphatic hydroxyl groups excluding tert-OH is 4. The molecule has 1 aliphatic heterocycles. The van der Waals surface area contributed by atoms with Crippen LogP contribution in [0.5, 0.6) is 0 Å². The molecule has 9 heteroatoms. The molecule has 4 N–H and O–H groups in total. The number of nitrogens with zero attached hydrogens (tertiary/aromatic N) is 1. The molecule has 0 radical (unpaired) electrons. The summed E-state index contributed by atoms with van der Waals surface area (Å²) in [6.07, 6.45) is -3.57. The first kappa shape index (κ1) is 20.9. The fourth-order valence-electron chi connectivity index (χ4n) is 3.38. The van der Waals surface area contributed by atoms with Crippen molar-refractivity contribution >= 4 is 34.3 Å². The standard InChI is InChI=1S/C20H20ClNO5S2/c21-14-2-1-10(19-18(26)17(25)16(24)15(8-23)27-19)5-12(14)6-13-7-22-20(29-13)11-3-4-28-9-11/h1-5,7,9,15-19,23-26H,6,8H2/t15-,16-,17+,18-,19+/m1/s1. The van der Waals surface area contributed by atoms with Gasteiger partial charge in [-0.05, 0) is 28.6 Å². The number of hydrogen-bond donors (Lipinski definition) is 4. The van der Waals surface area contributed by atoms with Crippen molar-refractivity contribution in [3.63, 3.8) is 0 Å². The van der Waals surface area contributed by atoms with Crippen molar-refractivity contribution in [1.82, 2.24) is 4.98 Å². The van der Waals surface area contributed by atoms with Crippen molar-refractivity contribution in [3.8, 4) is 10.6 Å². The van der Waals surface area contributed by atoms with E-state index in [4.69, 9.17) is 16.3 Å². The Kier molecular flexibility index (Phi) is 6.33. The number of ether oxygens (including phenoxy) is 1. The Hall–Kier alpha value is -1.36. The molecule has 0 unspecified atom stereocenters. The maximum absolute atomic E-state index is 10.4. The summed E-state index contributed by atoms with van der Waals surface area (Å²) in [6, 6.07) is 7.27. The molecule has 4 rings (SSSR count). The third-order valence-electron chi connectivity index (χ3n) is 4.98. The highest BCUT2D eigenvalue weighted by Gasteiger charge is 2.44. The third kappa shape index (κ3) is 4.26. The average Bonchev–Trinajstić information content (AvgIpc) is 3.40. The van der Waals surface area contributed by atoms with E-state index in [2.05, 4.69) is 10.4 Å². The van der Waals surface area contributed by atoms with Crippen LogP contribution in [-0.2, 0) is 11.2 Å². The molecule has 3 aromatic rings. The molecule has 0 bridgehead atoms. The van der Waals surface area contributed by atoms with Crippen LogP contribution in [0.15, 0.2) is 41.2 Å². The number of benzene rings is 1. The number of thiophene rings is 1. The van der Waals surface area contributed by atoms with Crippen LogP contribution in [0.25, 0.3) is 10.6 Å². The maximum Gasteiger partial charge on any atom is 0.124 e. The summed E-state index contributed by atoms with van der Waals surface area (Å²) in [4.78, 5) is 5.52. The lowest BCUT2D eigenvalue weighted by atomic mass is 9.90. The van der Waals surface area contributed by atoms with E-state index in [0.29, 0.717) is 17.0 Å². The lowest BCUT2D eigenvalue weighted by molar-refractivity contribution is -0.231. The molecule has 0 spiro atoms. The highest BCUT2D eigenvalue weighted by molar-refractivity contribution is 7.15. The molecule has 0 saturated carbocycles. The zero-order valence-corrected chi connectivity index (χ0v) is 17.6. The number of rotatable bonds is 5. The van der Waals surface area contributed by atoms with Crippen molar-refractivity contribution in [3.05, 3.63) is 62.2 Å². The third-order valence-corrected chi connectivity index (χ3v) is 7.08. The van der Waals surface area contributed by atoms with E-state index in [1.54, 1.807) is 34.8 Å². The van der Waals surface area contributed by atoms with Gasteiger partial charge in [-0.15, -0.1) is 11.3 Å². The van der Waals surface area contributed by atoms with Gasteiger partial charge in [0.1, 0.15) is 35.5 Å². The van der Waals surface area contributed by atoms with Crippen LogP contribution in [0.2, 0.25) is 5.02 Å². The quantitative estimate of drug-likeness (QED) is 0.473. The number of aliphatic hydroxyl groups is 4. The highest BCUT2D eigenvalue weighted by Crippen LogP contribution is 2.35. The summed E-state index contributed by atoms with van der Waals surface area (Å²) in [7, 11) is 0. The first-order valence-electron chi connectivity index (χ1n) is 9.04. The Bertz CT molecular complexity index is 962. The van der Waals surface area contributed by atoms with Crippen molar-refractivity contribution in [1.29, 1.82) is 0 Å². The zero-order chi connectivity index (χ0) is 20.5. The van der Waals surface area contributed by atoms with E-state index in [0.717, 1.165) is 21.0 Å². The summed E-state index contributed by atoms with van der Waals surface area (Å²) >= 11 is 9.60. The number of hydrogen-bond acceptors (Lipinski definition) is 8. The van der Waals surface area contributed by atoms with Gasteiger partial charge >= 0.3 is 0 Å². The van der Waals surface area contributed by atoms with Crippen molar-refractivity contribution in [2.75, 3.05) is 6.61 Å². The molecule has 0 amide bonds. The molecule has 1 aromatic carbocycles. The van der Waals surface area contributed by atoms with Crippen LogP contribution in [-0.4, -0.2) is 56.4 Å².